The van der Waals surface area contributed by atoms with Crippen LogP contribution in [0.4, 0.5) is 0 Å². The Bertz CT molecular complexity index is 1290. The van der Waals surface area contributed by atoms with Crippen molar-refractivity contribution in [1.29, 1.82) is 0 Å². The number of hydrogen-bond acceptors (Lipinski definition) is 4. The van der Waals surface area contributed by atoms with Gasteiger partial charge in [0.15, 0.2) is 0 Å². The highest BCUT2D eigenvalue weighted by molar-refractivity contribution is 7.19. The highest BCUT2D eigenvalue weighted by Gasteiger charge is 2.26. The van der Waals surface area contributed by atoms with Gasteiger partial charge in [-0.1, -0.05) is 17.7 Å². The molecule has 0 atom stereocenters. The average molecular weight is 451 g/mol. The first-order valence-corrected chi connectivity index (χ1v) is 11.1. The number of aromatic amines is 1. The molecule has 1 fully saturated rings. The van der Waals surface area contributed by atoms with Crippen LogP contribution in [0.15, 0.2) is 54.9 Å². The summed E-state index contributed by atoms with van der Waals surface area (Å²) in [5.74, 6) is -0.207. The van der Waals surface area contributed by atoms with E-state index in [9.17, 15) is 9.59 Å². The van der Waals surface area contributed by atoms with Crippen molar-refractivity contribution in [2.45, 2.75) is 6.54 Å². The Morgan fingerprint density at radius 2 is 2.10 bits per heavy atom. The van der Waals surface area contributed by atoms with E-state index >= 15 is 0 Å². The van der Waals surface area contributed by atoms with E-state index in [2.05, 4.69) is 9.97 Å². The number of rotatable bonds is 4. The number of benzene rings is 1. The van der Waals surface area contributed by atoms with Crippen molar-refractivity contribution in [1.82, 2.24) is 19.8 Å². The van der Waals surface area contributed by atoms with Crippen LogP contribution >= 0.6 is 22.9 Å². The molecular weight excluding hydrogens is 432 g/mol. The standard InChI is InChI=1S/C23H19ClN4O2S/c24-17-2-1-15-10-19(31-21(15)11-17)3-4-22(29)28-8-7-27(23(30)14-28)13-18-9-16-12-25-6-5-20(16)26-18/h1-6,9-12,26H,7-8,13-14H2. The highest BCUT2D eigenvalue weighted by Crippen LogP contribution is 2.29. The average Bonchev–Trinajstić information content (AvgIpc) is 3.36. The van der Waals surface area contributed by atoms with Crippen LogP contribution in [0.3, 0.4) is 0 Å². The molecule has 1 aliphatic heterocycles. The molecule has 1 N–H and O–H groups in total. The van der Waals surface area contributed by atoms with Crippen LogP contribution in [-0.2, 0) is 16.1 Å². The molecule has 1 aromatic carbocycles. The Morgan fingerprint density at radius 3 is 2.94 bits per heavy atom. The molecule has 0 saturated carbocycles. The van der Waals surface area contributed by atoms with Crippen LogP contribution in [0.5, 0.6) is 0 Å². The zero-order valence-corrected chi connectivity index (χ0v) is 18.1. The molecule has 31 heavy (non-hydrogen) atoms. The second-order valence-corrected chi connectivity index (χ2v) is 9.05. The quantitative estimate of drug-likeness (QED) is 0.471. The summed E-state index contributed by atoms with van der Waals surface area (Å²) in [7, 11) is 0. The number of amides is 2. The van der Waals surface area contributed by atoms with E-state index in [1.165, 1.54) is 0 Å². The molecule has 0 bridgehead atoms. The number of piperazine rings is 1. The summed E-state index contributed by atoms with van der Waals surface area (Å²) in [4.78, 5) is 37.0. The Hall–Kier alpha value is -3.16. The first-order valence-electron chi connectivity index (χ1n) is 9.91. The Balaban J connectivity index is 1.21. The maximum Gasteiger partial charge on any atom is 0.247 e. The van der Waals surface area contributed by atoms with Gasteiger partial charge in [0.25, 0.3) is 0 Å². The van der Waals surface area contributed by atoms with Gasteiger partial charge in [-0.2, -0.15) is 0 Å². The minimum absolute atomic E-state index is 0.0544. The van der Waals surface area contributed by atoms with Crippen LogP contribution in [0, 0.1) is 0 Å². The van der Waals surface area contributed by atoms with Crippen molar-refractivity contribution < 1.29 is 9.59 Å². The number of halogens is 1. The number of nitrogens with zero attached hydrogens (tertiary/aromatic N) is 3. The number of pyridine rings is 1. The Morgan fingerprint density at radius 1 is 1.19 bits per heavy atom. The molecule has 1 saturated heterocycles. The molecular formula is C23H19ClN4O2S. The zero-order chi connectivity index (χ0) is 21.4. The molecule has 1 aliphatic rings. The first-order chi connectivity index (χ1) is 15.0. The molecule has 0 spiro atoms. The summed E-state index contributed by atoms with van der Waals surface area (Å²) in [6.07, 6.45) is 6.88. The van der Waals surface area contributed by atoms with Crippen LogP contribution in [0.2, 0.25) is 5.02 Å². The molecule has 6 nitrogen and oxygen atoms in total. The predicted molar refractivity (Wildman–Crippen MR) is 124 cm³/mol. The largest absolute Gasteiger partial charge is 0.357 e. The van der Waals surface area contributed by atoms with Crippen LogP contribution < -0.4 is 0 Å². The van der Waals surface area contributed by atoms with Crippen molar-refractivity contribution >= 4 is 61.8 Å². The van der Waals surface area contributed by atoms with Gasteiger partial charge in [0.05, 0.1) is 6.54 Å². The second-order valence-electron chi connectivity index (χ2n) is 7.50. The van der Waals surface area contributed by atoms with Gasteiger partial charge < -0.3 is 14.8 Å². The summed E-state index contributed by atoms with van der Waals surface area (Å²) in [6, 6.07) is 11.7. The summed E-state index contributed by atoms with van der Waals surface area (Å²) in [5, 5.41) is 2.81. The Labute approximate surface area is 187 Å². The number of H-pyrrole nitrogens is 1. The summed E-state index contributed by atoms with van der Waals surface area (Å²) < 4.78 is 1.08. The molecule has 0 radical (unpaired) electrons. The minimum Gasteiger partial charge on any atom is -0.357 e. The lowest BCUT2D eigenvalue weighted by Gasteiger charge is -2.33. The lowest BCUT2D eigenvalue weighted by molar-refractivity contribution is -0.143. The number of thiophene rings is 1. The third-order valence-corrected chi connectivity index (χ3v) is 6.66. The fourth-order valence-electron chi connectivity index (χ4n) is 3.75. The lowest BCUT2D eigenvalue weighted by Crippen LogP contribution is -2.51. The molecule has 3 aromatic heterocycles. The van der Waals surface area contributed by atoms with Crippen molar-refractivity contribution in [2.24, 2.45) is 0 Å². The third kappa shape index (κ3) is 4.19. The van der Waals surface area contributed by atoms with E-state index < -0.39 is 0 Å². The number of carbonyl (C=O) groups excluding carboxylic acids is 2. The maximum atomic E-state index is 12.6. The van der Waals surface area contributed by atoms with Crippen molar-refractivity contribution in [2.75, 3.05) is 19.6 Å². The van der Waals surface area contributed by atoms with Crippen LogP contribution in [0.25, 0.3) is 27.1 Å². The number of carbonyl (C=O) groups is 2. The third-order valence-electron chi connectivity index (χ3n) is 5.36. The molecule has 4 aromatic rings. The van der Waals surface area contributed by atoms with E-state index in [1.54, 1.807) is 45.7 Å². The summed E-state index contributed by atoms with van der Waals surface area (Å²) in [5.41, 5.74) is 1.96. The van der Waals surface area contributed by atoms with Gasteiger partial charge in [0, 0.05) is 62.8 Å². The van der Waals surface area contributed by atoms with Gasteiger partial charge in [-0.15, -0.1) is 11.3 Å². The predicted octanol–water partition coefficient (Wildman–Crippen LogP) is 4.32. The van der Waals surface area contributed by atoms with E-state index in [0.29, 0.717) is 24.7 Å². The fourth-order valence-corrected chi connectivity index (χ4v) is 5.00. The van der Waals surface area contributed by atoms with Gasteiger partial charge in [-0.05, 0) is 41.8 Å². The molecule has 0 unspecified atom stereocenters. The van der Waals surface area contributed by atoms with E-state index in [1.807, 2.05) is 36.4 Å². The zero-order valence-electron chi connectivity index (χ0n) is 16.5. The van der Waals surface area contributed by atoms with E-state index in [4.69, 9.17) is 11.6 Å². The normalized spacial score (nSPS) is 14.9. The Kier molecular flexibility index (Phi) is 5.21. The summed E-state index contributed by atoms with van der Waals surface area (Å²) >= 11 is 7.62. The highest BCUT2D eigenvalue weighted by atomic mass is 35.5. The van der Waals surface area contributed by atoms with Crippen LogP contribution in [-0.4, -0.2) is 51.2 Å². The van der Waals surface area contributed by atoms with Crippen molar-refractivity contribution in [3.05, 3.63) is 70.5 Å². The van der Waals surface area contributed by atoms with E-state index in [-0.39, 0.29) is 18.4 Å². The van der Waals surface area contributed by atoms with Gasteiger partial charge in [0.2, 0.25) is 11.8 Å². The molecule has 5 rings (SSSR count). The second kappa shape index (κ2) is 8.17. The monoisotopic (exact) mass is 450 g/mol. The summed E-state index contributed by atoms with van der Waals surface area (Å²) in [6.45, 7) is 1.61. The van der Waals surface area contributed by atoms with Gasteiger partial charge in [-0.3, -0.25) is 14.6 Å². The molecule has 0 aliphatic carbocycles. The van der Waals surface area contributed by atoms with Gasteiger partial charge in [-0.25, -0.2) is 0 Å². The van der Waals surface area contributed by atoms with Crippen LogP contribution in [0.1, 0.15) is 10.6 Å². The van der Waals surface area contributed by atoms with E-state index in [0.717, 1.165) is 31.6 Å². The number of hydrogen-bond donors (Lipinski definition) is 1. The van der Waals surface area contributed by atoms with Crippen molar-refractivity contribution in [3.8, 4) is 0 Å². The minimum atomic E-state index is -0.153. The number of aromatic nitrogens is 2. The van der Waals surface area contributed by atoms with Gasteiger partial charge in [0.1, 0.15) is 6.54 Å². The molecule has 156 valence electrons. The number of nitrogens with one attached hydrogen (secondary N) is 1. The fraction of sp³-hybridized carbons (Fsp3) is 0.174. The molecule has 8 heteroatoms. The smallest absolute Gasteiger partial charge is 0.247 e. The molecule has 4 heterocycles. The van der Waals surface area contributed by atoms with Crippen molar-refractivity contribution in [3.63, 3.8) is 0 Å². The maximum absolute atomic E-state index is 12.6. The van der Waals surface area contributed by atoms with Gasteiger partial charge >= 0.3 is 0 Å². The lowest BCUT2D eigenvalue weighted by atomic mass is 10.2. The topological polar surface area (TPSA) is 69.3 Å². The first kappa shape index (κ1) is 19.8. The molecule has 2 amide bonds. The SMILES string of the molecule is O=C(C=Cc1cc2ccc(Cl)cc2s1)N1CCN(Cc2cc3cnccc3[nH]2)C(=O)C1. The number of fused-ring (bicyclic) bond motifs is 2.